The molecular weight excluding hydrogens is 266 g/mol. The average Bonchev–Trinajstić information content (AvgIpc) is 2.57. The molecule has 102 valence electrons. The van der Waals surface area contributed by atoms with Crippen LogP contribution in [-0.2, 0) is 0 Å². The number of aromatic nitrogens is 4. The summed E-state index contributed by atoms with van der Waals surface area (Å²) in [6, 6.07) is 9.78. The molecule has 2 heterocycles. The van der Waals surface area contributed by atoms with Crippen molar-refractivity contribution >= 4 is 11.9 Å². The van der Waals surface area contributed by atoms with Gasteiger partial charge in [0.15, 0.2) is 0 Å². The Kier molecular flexibility index (Phi) is 3.60. The van der Waals surface area contributed by atoms with Crippen molar-refractivity contribution in [3.05, 3.63) is 67.0 Å². The number of nitrogens with one attached hydrogen (secondary N) is 1. The van der Waals surface area contributed by atoms with Crippen molar-refractivity contribution in [2.75, 3.05) is 5.32 Å². The Morgan fingerprint density at radius 2 is 1.52 bits per heavy atom. The highest BCUT2D eigenvalue weighted by atomic mass is 16.1. The number of hydrogen-bond donors (Lipinski definition) is 1. The van der Waals surface area contributed by atoms with Crippen molar-refractivity contribution in [1.82, 2.24) is 19.9 Å². The number of rotatable bonds is 3. The molecule has 2 aromatic heterocycles. The molecule has 1 N–H and O–H groups in total. The molecule has 0 saturated heterocycles. The number of nitrogens with zero attached hydrogens (tertiary/aromatic N) is 4. The lowest BCUT2D eigenvalue weighted by molar-refractivity contribution is 0.102. The second-order valence-electron chi connectivity index (χ2n) is 4.24. The van der Waals surface area contributed by atoms with E-state index in [-0.39, 0.29) is 11.9 Å². The Morgan fingerprint density at radius 3 is 2.19 bits per heavy atom. The van der Waals surface area contributed by atoms with Crippen LogP contribution in [0.2, 0.25) is 0 Å². The van der Waals surface area contributed by atoms with Crippen LogP contribution in [0.5, 0.6) is 0 Å². The van der Waals surface area contributed by atoms with Gasteiger partial charge in [-0.15, -0.1) is 0 Å². The van der Waals surface area contributed by atoms with E-state index in [9.17, 15) is 4.79 Å². The summed E-state index contributed by atoms with van der Waals surface area (Å²) in [6.45, 7) is 0. The van der Waals surface area contributed by atoms with E-state index < -0.39 is 0 Å². The second-order valence-corrected chi connectivity index (χ2v) is 4.24. The fraction of sp³-hybridized carbons (Fsp3) is 0. The number of benzene rings is 1. The zero-order chi connectivity index (χ0) is 14.5. The molecule has 0 spiro atoms. The molecule has 0 bridgehead atoms. The highest BCUT2D eigenvalue weighted by Crippen LogP contribution is 2.17. The lowest BCUT2D eigenvalue weighted by Crippen LogP contribution is -2.14. The van der Waals surface area contributed by atoms with E-state index in [1.54, 1.807) is 12.4 Å². The Morgan fingerprint density at radius 1 is 0.857 bits per heavy atom. The maximum atomic E-state index is 11.9. The summed E-state index contributed by atoms with van der Waals surface area (Å²) in [5.74, 6) is -0.105. The van der Waals surface area contributed by atoms with Gasteiger partial charge in [-0.05, 0) is 5.56 Å². The van der Waals surface area contributed by atoms with Crippen molar-refractivity contribution < 1.29 is 4.79 Å². The molecule has 6 nitrogen and oxygen atoms in total. The molecule has 6 heteroatoms. The molecule has 1 aromatic carbocycles. The van der Waals surface area contributed by atoms with Crippen molar-refractivity contribution in [2.45, 2.75) is 0 Å². The van der Waals surface area contributed by atoms with E-state index >= 15 is 0 Å². The SMILES string of the molecule is O=C(Nc1ncc(-c2ccccc2)cn1)c1cncnc1. The van der Waals surface area contributed by atoms with E-state index in [1.807, 2.05) is 30.3 Å². The van der Waals surface area contributed by atoms with Crippen LogP contribution in [0, 0.1) is 0 Å². The molecule has 0 aliphatic heterocycles. The number of carbonyl (C=O) groups excluding carboxylic acids is 1. The normalized spacial score (nSPS) is 10.1. The molecule has 0 aliphatic carbocycles. The minimum absolute atomic E-state index is 0.239. The van der Waals surface area contributed by atoms with Gasteiger partial charge >= 0.3 is 0 Å². The zero-order valence-corrected chi connectivity index (χ0v) is 11.0. The maximum absolute atomic E-state index is 11.9. The first-order valence-electron chi connectivity index (χ1n) is 6.27. The first-order valence-corrected chi connectivity index (χ1v) is 6.27. The van der Waals surface area contributed by atoms with E-state index in [0.717, 1.165) is 11.1 Å². The molecule has 0 unspecified atom stereocenters. The molecule has 0 saturated carbocycles. The van der Waals surface area contributed by atoms with E-state index in [2.05, 4.69) is 25.3 Å². The minimum Gasteiger partial charge on any atom is -0.290 e. The summed E-state index contributed by atoms with van der Waals surface area (Å²) in [7, 11) is 0. The van der Waals surface area contributed by atoms with Crippen molar-refractivity contribution in [1.29, 1.82) is 0 Å². The van der Waals surface area contributed by atoms with Crippen LogP contribution in [0.4, 0.5) is 5.95 Å². The van der Waals surface area contributed by atoms with Crippen LogP contribution >= 0.6 is 0 Å². The molecule has 21 heavy (non-hydrogen) atoms. The third-order valence-electron chi connectivity index (χ3n) is 2.81. The third kappa shape index (κ3) is 3.06. The highest BCUT2D eigenvalue weighted by Gasteiger charge is 2.08. The summed E-state index contributed by atoms with van der Waals surface area (Å²) in [6.07, 6.45) is 7.56. The molecule has 0 aliphatic rings. The lowest BCUT2D eigenvalue weighted by atomic mass is 10.1. The van der Waals surface area contributed by atoms with Crippen LogP contribution in [0.3, 0.4) is 0 Å². The van der Waals surface area contributed by atoms with Crippen LogP contribution in [-0.4, -0.2) is 25.8 Å². The van der Waals surface area contributed by atoms with Gasteiger partial charge in [-0.25, -0.2) is 19.9 Å². The molecule has 1 amide bonds. The third-order valence-corrected chi connectivity index (χ3v) is 2.81. The van der Waals surface area contributed by atoms with Gasteiger partial charge in [-0.2, -0.15) is 0 Å². The zero-order valence-electron chi connectivity index (χ0n) is 11.0. The second kappa shape index (κ2) is 5.87. The largest absolute Gasteiger partial charge is 0.290 e. The fourth-order valence-corrected chi connectivity index (χ4v) is 1.76. The number of amides is 1. The first-order chi connectivity index (χ1) is 10.3. The first kappa shape index (κ1) is 12.9. The number of hydrogen-bond acceptors (Lipinski definition) is 5. The monoisotopic (exact) mass is 277 g/mol. The summed E-state index contributed by atoms with van der Waals surface area (Å²) < 4.78 is 0. The molecule has 0 radical (unpaired) electrons. The minimum atomic E-state index is -0.344. The Hall–Kier alpha value is -3.15. The van der Waals surface area contributed by atoms with Gasteiger partial charge in [-0.3, -0.25) is 10.1 Å². The van der Waals surface area contributed by atoms with Crippen LogP contribution in [0.15, 0.2) is 61.4 Å². The molecule has 3 rings (SSSR count). The summed E-state index contributed by atoms with van der Waals surface area (Å²) in [5.41, 5.74) is 2.26. The standard InChI is InChI=1S/C15H11N5O/c21-14(13-6-16-10-17-7-13)20-15-18-8-12(9-19-15)11-4-2-1-3-5-11/h1-10H,(H,18,19,20,21). The van der Waals surface area contributed by atoms with Crippen LogP contribution in [0.1, 0.15) is 10.4 Å². The molecule has 3 aromatic rings. The number of anilines is 1. The fourth-order valence-electron chi connectivity index (χ4n) is 1.76. The predicted molar refractivity (Wildman–Crippen MR) is 77.5 cm³/mol. The van der Waals surface area contributed by atoms with Crippen molar-refractivity contribution in [3.63, 3.8) is 0 Å². The van der Waals surface area contributed by atoms with Gasteiger partial charge in [0, 0.05) is 30.4 Å². The Balaban J connectivity index is 1.75. The van der Waals surface area contributed by atoms with E-state index in [0.29, 0.717) is 5.56 Å². The Bertz CT molecular complexity index is 729. The van der Waals surface area contributed by atoms with Gasteiger partial charge in [-0.1, -0.05) is 30.3 Å². The summed E-state index contributed by atoms with van der Waals surface area (Å²) in [5, 5.41) is 2.60. The van der Waals surface area contributed by atoms with E-state index in [4.69, 9.17) is 0 Å². The topological polar surface area (TPSA) is 80.7 Å². The van der Waals surface area contributed by atoms with Crippen LogP contribution in [0.25, 0.3) is 11.1 Å². The Labute approximate surface area is 121 Å². The summed E-state index contributed by atoms with van der Waals surface area (Å²) in [4.78, 5) is 27.7. The average molecular weight is 277 g/mol. The number of carbonyl (C=O) groups is 1. The highest BCUT2D eigenvalue weighted by molar-refractivity contribution is 6.02. The van der Waals surface area contributed by atoms with Gasteiger partial charge in [0.1, 0.15) is 6.33 Å². The van der Waals surface area contributed by atoms with Crippen molar-refractivity contribution in [2.24, 2.45) is 0 Å². The van der Waals surface area contributed by atoms with Gasteiger partial charge < -0.3 is 0 Å². The van der Waals surface area contributed by atoms with Gasteiger partial charge in [0.25, 0.3) is 5.91 Å². The van der Waals surface area contributed by atoms with Gasteiger partial charge in [0.05, 0.1) is 5.56 Å². The molecule has 0 fully saturated rings. The van der Waals surface area contributed by atoms with E-state index in [1.165, 1.54) is 18.7 Å². The lowest BCUT2D eigenvalue weighted by Gasteiger charge is -2.04. The van der Waals surface area contributed by atoms with Crippen LogP contribution < -0.4 is 5.32 Å². The smallest absolute Gasteiger partial charge is 0.261 e. The van der Waals surface area contributed by atoms with Gasteiger partial charge in [0.2, 0.25) is 5.95 Å². The summed E-state index contributed by atoms with van der Waals surface area (Å²) >= 11 is 0. The molecular formula is C15H11N5O. The predicted octanol–water partition coefficient (Wildman–Crippen LogP) is 2.19. The van der Waals surface area contributed by atoms with Crippen molar-refractivity contribution in [3.8, 4) is 11.1 Å². The maximum Gasteiger partial charge on any atom is 0.261 e. The quantitative estimate of drug-likeness (QED) is 0.793. The molecule has 0 atom stereocenters.